The number of methoxy groups -OCH3 is 1. The van der Waals surface area contributed by atoms with Crippen LogP contribution in [0.4, 0.5) is 0 Å². The smallest absolute Gasteiger partial charge is 0.251 e. The van der Waals surface area contributed by atoms with Gasteiger partial charge in [-0.3, -0.25) is 9.59 Å². The Morgan fingerprint density at radius 2 is 1.72 bits per heavy atom. The van der Waals surface area contributed by atoms with Crippen molar-refractivity contribution in [2.24, 2.45) is 0 Å². The summed E-state index contributed by atoms with van der Waals surface area (Å²) in [5.74, 6) is -0.252. The van der Waals surface area contributed by atoms with E-state index in [0.717, 1.165) is 5.56 Å². The van der Waals surface area contributed by atoms with Crippen LogP contribution in [0.25, 0.3) is 0 Å². The largest absolute Gasteiger partial charge is 0.380 e. The van der Waals surface area contributed by atoms with E-state index in [9.17, 15) is 9.59 Å². The van der Waals surface area contributed by atoms with Crippen LogP contribution in [0.15, 0.2) is 24.3 Å². The Balaban J connectivity index is 2.39. The number of benzene rings is 1. The minimum atomic E-state index is -0.149. The second-order valence-corrected chi connectivity index (χ2v) is 3.87. The van der Waals surface area contributed by atoms with E-state index in [0.29, 0.717) is 25.3 Å². The van der Waals surface area contributed by atoms with Crippen LogP contribution in [0.5, 0.6) is 0 Å². The van der Waals surface area contributed by atoms with Crippen molar-refractivity contribution in [3.05, 3.63) is 35.4 Å². The molecule has 0 heterocycles. The van der Waals surface area contributed by atoms with Crippen LogP contribution < -0.4 is 10.6 Å². The molecule has 0 bridgehead atoms. The van der Waals surface area contributed by atoms with Crippen LogP contribution in [0.3, 0.4) is 0 Å². The van der Waals surface area contributed by atoms with E-state index in [2.05, 4.69) is 10.6 Å². The summed E-state index contributed by atoms with van der Waals surface area (Å²) >= 11 is 0. The number of hydrogen-bond donors (Lipinski definition) is 2. The van der Waals surface area contributed by atoms with E-state index in [1.807, 2.05) is 12.1 Å². The van der Waals surface area contributed by atoms with Crippen molar-refractivity contribution in [1.82, 2.24) is 10.6 Å². The molecule has 18 heavy (non-hydrogen) atoms. The highest BCUT2D eigenvalue weighted by Gasteiger charge is 2.04. The first-order chi connectivity index (χ1) is 8.63. The topological polar surface area (TPSA) is 67.4 Å². The number of nitrogens with one attached hydrogen (secondary N) is 2. The molecule has 1 aromatic carbocycles. The lowest BCUT2D eigenvalue weighted by atomic mass is 10.1. The van der Waals surface area contributed by atoms with Crippen molar-refractivity contribution in [2.75, 3.05) is 20.2 Å². The van der Waals surface area contributed by atoms with Gasteiger partial charge in [-0.05, 0) is 17.7 Å². The first-order valence-corrected chi connectivity index (χ1v) is 5.74. The summed E-state index contributed by atoms with van der Waals surface area (Å²) in [6.07, 6.45) is 0. The van der Waals surface area contributed by atoms with Gasteiger partial charge in [0, 0.05) is 32.7 Å². The van der Waals surface area contributed by atoms with Crippen LogP contribution in [0, 0.1) is 0 Å². The summed E-state index contributed by atoms with van der Waals surface area (Å²) in [7, 11) is 1.63. The van der Waals surface area contributed by atoms with Crippen LogP contribution in [0.2, 0.25) is 0 Å². The predicted molar refractivity (Wildman–Crippen MR) is 68.2 cm³/mol. The monoisotopic (exact) mass is 250 g/mol. The van der Waals surface area contributed by atoms with Crippen molar-refractivity contribution in [2.45, 2.75) is 13.5 Å². The number of amides is 2. The number of hydrogen-bond acceptors (Lipinski definition) is 3. The third kappa shape index (κ3) is 4.97. The van der Waals surface area contributed by atoms with Crippen molar-refractivity contribution in [3.63, 3.8) is 0 Å². The van der Waals surface area contributed by atoms with Gasteiger partial charge in [0.1, 0.15) is 0 Å². The molecule has 2 N–H and O–H groups in total. The quantitative estimate of drug-likeness (QED) is 0.730. The molecule has 0 aliphatic rings. The third-order valence-electron chi connectivity index (χ3n) is 2.31. The zero-order chi connectivity index (χ0) is 13.4. The highest BCUT2D eigenvalue weighted by Crippen LogP contribution is 2.05. The van der Waals surface area contributed by atoms with E-state index in [1.54, 1.807) is 19.2 Å². The molecule has 0 spiro atoms. The fraction of sp³-hybridized carbons (Fsp3) is 0.385. The molecule has 1 aromatic rings. The molecule has 98 valence electrons. The van der Waals surface area contributed by atoms with Gasteiger partial charge in [-0.15, -0.1) is 0 Å². The highest BCUT2D eigenvalue weighted by atomic mass is 16.5. The van der Waals surface area contributed by atoms with Gasteiger partial charge in [-0.2, -0.15) is 0 Å². The highest BCUT2D eigenvalue weighted by molar-refractivity contribution is 5.94. The molecule has 0 radical (unpaired) electrons. The van der Waals surface area contributed by atoms with Gasteiger partial charge < -0.3 is 15.4 Å². The lowest BCUT2D eigenvalue weighted by molar-refractivity contribution is -0.118. The lowest BCUT2D eigenvalue weighted by Gasteiger charge is -2.06. The fourth-order valence-corrected chi connectivity index (χ4v) is 1.44. The van der Waals surface area contributed by atoms with E-state index in [4.69, 9.17) is 4.74 Å². The van der Waals surface area contributed by atoms with Gasteiger partial charge in [-0.1, -0.05) is 12.1 Å². The number of ether oxygens (including phenoxy) is 1. The van der Waals surface area contributed by atoms with Gasteiger partial charge >= 0.3 is 0 Å². The maximum atomic E-state index is 11.7. The van der Waals surface area contributed by atoms with Crippen LogP contribution in [0.1, 0.15) is 22.8 Å². The Kier molecular flexibility index (Phi) is 5.87. The maximum Gasteiger partial charge on any atom is 0.251 e. The standard InChI is InChI=1S/C13H18N2O3/c1-10(16)14-7-8-15-13(17)12-5-3-11(4-6-12)9-18-2/h3-6H,7-9H2,1-2H3,(H,14,16)(H,15,17). The fourth-order valence-electron chi connectivity index (χ4n) is 1.44. The van der Waals surface area contributed by atoms with Crippen LogP contribution >= 0.6 is 0 Å². The van der Waals surface area contributed by atoms with Crippen molar-refractivity contribution >= 4 is 11.8 Å². The second-order valence-electron chi connectivity index (χ2n) is 3.87. The molecule has 0 fully saturated rings. The molecule has 0 unspecified atom stereocenters. The average Bonchev–Trinajstić information content (AvgIpc) is 2.35. The van der Waals surface area contributed by atoms with E-state index in [-0.39, 0.29) is 11.8 Å². The molecule has 0 saturated carbocycles. The Morgan fingerprint density at radius 1 is 1.11 bits per heavy atom. The second kappa shape index (κ2) is 7.45. The Morgan fingerprint density at radius 3 is 2.28 bits per heavy atom. The van der Waals surface area contributed by atoms with Gasteiger partial charge in [0.15, 0.2) is 0 Å². The molecule has 1 rings (SSSR count). The predicted octanol–water partition coefficient (Wildman–Crippen LogP) is 0.699. The Bertz CT molecular complexity index is 401. The van der Waals surface area contributed by atoms with Gasteiger partial charge in [0.05, 0.1) is 6.61 Å². The van der Waals surface area contributed by atoms with Gasteiger partial charge in [0.2, 0.25) is 5.91 Å². The summed E-state index contributed by atoms with van der Waals surface area (Å²) in [4.78, 5) is 22.3. The maximum absolute atomic E-state index is 11.7. The number of carbonyl (C=O) groups is 2. The van der Waals surface area contributed by atoms with Gasteiger partial charge in [-0.25, -0.2) is 0 Å². The average molecular weight is 250 g/mol. The molecule has 2 amide bonds. The summed E-state index contributed by atoms with van der Waals surface area (Å²) in [6.45, 7) is 2.82. The molecule has 0 saturated heterocycles. The normalized spacial score (nSPS) is 9.89. The lowest BCUT2D eigenvalue weighted by Crippen LogP contribution is -2.33. The van der Waals surface area contributed by atoms with Crippen molar-refractivity contribution in [3.8, 4) is 0 Å². The van der Waals surface area contributed by atoms with Crippen LogP contribution in [-0.4, -0.2) is 32.0 Å². The molecule has 0 atom stereocenters. The summed E-state index contributed by atoms with van der Waals surface area (Å²) in [5.41, 5.74) is 1.62. The zero-order valence-electron chi connectivity index (χ0n) is 10.7. The molecule has 5 nitrogen and oxygen atoms in total. The molecule has 0 aromatic heterocycles. The van der Waals surface area contributed by atoms with E-state index >= 15 is 0 Å². The summed E-state index contributed by atoms with van der Waals surface area (Å²) in [6, 6.07) is 7.21. The Hall–Kier alpha value is -1.88. The molecular formula is C13H18N2O3. The first kappa shape index (κ1) is 14.2. The van der Waals surface area contributed by atoms with E-state index in [1.165, 1.54) is 6.92 Å². The SMILES string of the molecule is COCc1ccc(C(=O)NCCNC(C)=O)cc1. The number of carbonyl (C=O) groups excluding carboxylic acids is 2. The molecular weight excluding hydrogens is 232 g/mol. The molecule has 0 aliphatic heterocycles. The number of rotatable bonds is 6. The first-order valence-electron chi connectivity index (χ1n) is 5.74. The van der Waals surface area contributed by atoms with Crippen molar-refractivity contribution in [1.29, 1.82) is 0 Å². The zero-order valence-corrected chi connectivity index (χ0v) is 10.7. The minimum absolute atomic E-state index is 0.104. The van der Waals surface area contributed by atoms with E-state index < -0.39 is 0 Å². The Labute approximate surface area is 107 Å². The molecule has 5 heteroatoms. The molecule has 0 aliphatic carbocycles. The minimum Gasteiger partial charge on any atom is -0.380 e. The summed E-state index contributed by atoms with van der Waals surface area (Å²) in [5, 5.41) is 5.33. The van der Waals surface area contributed by atoms with Crippen LogP contribution in [-0.2, 0) is 16.1 Å². The van der Waals surface area contributed by atoms with Crippen molar-refractivity contribution < 1.29 is 14.3 Å². The summed E-state index contributed by atoms with van der Waals surface area (Å²) < 4.78 is 4.99. The third-order valence-corrected chi connectivity index (χ3v) is 2.31. The van der Waals surface area contributed by atoms with Gasteiger partial charge in [0.25, 0.3) is 5.91 Å².